The molecular formula is C18H26ClN5OS. The summed E-state index contributed by atoms with van der Waals surface area (Å²) in [5.41, 5.74) is 7.97. The Hall–Kier alpha value is -1.67. The molecule has 0 spiro atoms. The zero-order chi connectivity index (χ0) is 19.1. The van der Waals surface area contributed by atoms with Gasteiger partial charge in [0, 0.05) is 29.2 Å². The molecule has 0 saturated heterocycles. The lowest BCUT2D eigenvalue weighted by Crippen LogP contribution is -2.21. The average molecular weight is 396 g/mol. The molecule has 0 atom stereocenters. The Kier molecular flexibility index (Phi) is 7.84. The Morgan fingerprint density at radius 1 is 1.38 bits per heavy atom. The van der Waals surface area contributed by atoms with E-state index in [0.717, 1.165) is 30.8 Å². The van der Waals surface area contributed by atoms with Crippen molar-refractivity contribution >= 4 is 39.8 Å². The van der Waals surface area contributed by atoms with Crippen molar-refractivity contribution in [1.82, 2.24) is 9.88 Å². The van der Waals surface area contributed by atoms with Gasteiger partial charge in [-0.15, -0.1) is 11.3 Å². The number of amides is 2. The van der Waals surface area contributed by atoms with Crippen molar-refractivity contribution in [1.29, 1.82) is 0 Å². The predicted molar refractivity (Wildman–Crippen MR) is 110 cm³/mol. The molecular weight excluding hydrogens is 370 g/mol. The fraction of sp³-hybridized carbons (Fsp3) is 0.444. The van der Waals surface area contributed by atoms with Crippen LogP contribution in [0.3, 0.4) is 0 Å². The van der Waals surface area contributed by atoms with Crippen molar-refractivity contribution in [3.05, 3.63) is 39.9 Å². The second kappa shape index (κ2) is 9.87. The first kappa shape index (κ1) is 20.6. The fourth-order valence-electron chi connectivity index (χ4n) is 2.32. The minimum atomic E-state index is -0.351. The van der Waals surface area contributed by atoms with Crippen LogP contribution in [-0.4, -0.2) is 29.5 Å². The SMILES string of the molecule is CC(C)CCN(C)Cc1csc(NC(=O)Nc2ccc(CN)c(Cl)c2)n1. The van der Waals surface area contributed by atoms with Gasteiger partial charge in [0.2, 0.25) is 0 Å². The molecule has 26 heavy (non-hydrogen) atoms. The molecule has 0 aliphatic carbocycles. The first-order valence-corrected chi connectivity index (χ1v) is 9.82. The molecule has 4 N–H and O–H groups in total. The molecule has 8 heteroatoms. The van der Waals surface area contributed by atoms with E-state index in [4.69, 9.17) is 17.3 Å². The van der Waals surface area contributed by atoms with Gasteiger partial charge in [-0.3, -0.25) is 5.32 Å². The molecule has 2 rings (SSSR count). The third-order valence-corrected chi connectivity index (χ3v) is 4.98. The Morgan fingerprint density at radius 3 is 2.81 bits per heavy atom. The van der Waals surface area contributed by atoms with Gasteiger partial charge in [-0.2, -0.15) is 0 Å². The molecule has 1 aromatic heterocycles. The van der Waals surface area contributed by atoms with E-state index in [1.54, 1.807) is 18.2 Å². The zero-order valence-corrected chi connectivity index (χ0v) is 17.0. The second-order valence-electron chi connectivity index (χ2n) is 6.65. The molecule has 0 bridgehead atoms. The number of benzene rings is 1. The van der Waals surface area contributed by atoms with E-state index in [0.29, 0.717) is 28.3 Å². The van der Waals surface area contributed by atoms with Crippen LogP contribution < -0.4 is 16.4 Å². The number of nitrogens with two attached hydrogens (primary N) is 1. The van der Waals surface area contributed by atoms with Gasteiger partial charge in [0.15, 0.2) is 5.13 Å². The highest BCUT2D eigenvalue weighted by Crippen LogP contribution is 2.21. The van der Waals surface area contributed by atoms with Crippen LogP contribution >= 0.6 is 22.9 Å². The molecule has 0 aliphatic rings. The fourth-order valence-corrected chi connectivity index (χ4v) is 3.28. The summed E-state index contributed by atoms with van der Waals surface area (Å²) in [5, 5.41) is 8.57. The van der Waals surface area contributed by atoms with Crippen molar-refractivity contribution in [3.63, 3.8) is 0 Å². The third kappa shape index (κ3) is 6.57. The number of hydrogen-bond acceptors (Lipinski definition) is 5. The Bertz CT molecular complexity index is 734. The molecule has 0 saturated carbocycles. The lowest BCUT2D eigenvalue weighted by molar-refractivity contribution is 0.262. The normalized spacial score (nSPS) is 11.2. The van der Waals surface area contributed by atoms with Gasteiger partial charge in [-0.1, -0.05) is 31.5 Å². The number of hydrogen-bond donors (Lipinski definition) is 3. The molecule has 2 aromatic rings. The van der Waals surface area contributed by atoms with E-state index < -0.39 is 0 Å². The van der Waals surface area contributed by atoms with Gasteiger partial charge in [0.05, 0.1) is 5.69 Å². The number of thiazole rings is 1. The van der Waals surface area contributed by atoms with Crippen LogP contribution in [0.25, 0.3) is 0 Å². The number of carbonyl (C=O) groups is 1. The molecule has 1 aromatic carbocycles. The monoisotopic (exact) mass is 395 g/mol. The highest BCUT2D eigenvalue weighted by molar-refractivity contribution is 7.13. The van der Waals surface area contributed by atoms with Crippen LogP contribution in [0.15, 0.2) is 23.6 Å². The Balaban J connectivity index is 1.86. The summed E-state index contributed by atoms with van der Waals surface area (Å²) in [5.74, 6) is 0.682. The van der Waals surface area contributed by atoms with Crippen LogP contribution in [-0.2, 0) is 13.1 Å². The van der Waals surface area contributed by atoms with Gasteiger partial charge in [-0.05, 0) is 43.6 Å². The Labute approximate surface area is 163 Å². The Morgan fingerprint density at radius 2 is 2.15 bits per heavy atom. The van der Waals surface area contributed by atoms with Crippen LogP contribution in [0.4, 0.5) is 15.6 Å². The van der Waals surface area contributed by atoms with Gasteiger partial charge >= 0.3 is 6.03 Å². The molecule has 6 nitrogen and oxygen atoms in total. The number of nitrogens with zero attached hydrogens (tertiary/aromatic N) is 2. The van der Waals surface area contributed by atoms with E-state index >= 15 is 0 Å². The van der Waals surface area contributed by atoms with Crippen LogP contribution in [0.5, 0.6) is 0 Å². The van der Waals surface area contributed by atoms with E-state index in [2.05, 4.69) is 41.4 Å². The number of nitrogens with one attached hydrogen (secondary N) is 2. The lowest BCUT2D eigenvalue weighted by atomic mass is 10.1. The summed E-state index contributed by atoms with van der Waals surface area (Å²) in [6.07, 6.45) is 1.15. The van der Waals surface area contributed by atoms with Gasteiger partial charge in [0.25, 0.3) is 0 Å². The van der Waals surface area contributed by atoms with E-state index in [1.165, 1.54) is 11.3 Å². The summed E-state index contributed by atoms with van der Waals surface area (Å²) in [6, 6.07) is 4.90. The summed E-state index contributed by atoms with van der Waals surface area (Å²) < 4.78 is 0. The molecule has 0 aliphatic heterocycles. The summed E-state index contributed by atoms with van der Waals surface area (Å²) in [6.45, 7) is 6.58. The van der Waals surface area contributed by atoms with Gasteiger partial charge in [-0.25, -0.2) is 9.78 Å². The van der Waals surface area contributed by atoms with E-state index in [9.17, 15) is 4.79 Å². The highest BCUT2D eigenvalue weighted by Gasteiger charge is 2.10. The minimum absolute atomic E-state index is 0.351. The smallest absolute Gasteiger partial charge is 0.325 e. The first-order chi connectivity index (χ1) is 12.4. The summed E-state index contributed by atoms with van der Waals surface area (Å²) in [7, 11) is 2.08. The number of halogens is 1. The summed E-state index contributed by atoms with van der Waals surface area (Å²) >= 11 is 7.52. The van der Waals surface area contributed by atoms with E-state index in [-0.39, 0.29) is 6.03 Å². The maximum absolute atomic E-state index is 12.1. The predicted octanol–water partition coefficient (Wildman–Crippen LogP) is 4.38. The minimum Gasteiger partial charge on any atom is -0.326 e. The summed E-state index contributed by atoms with van der Waals surface area (Å²) in [4.78, 5) is 18.8. The zero-order valence-electron chi connectivity index (χ0n) is 15.4. The molecule has 1 heterocycles. The first-order valence-electron chi connectivity index (χ1n) is 8.56. The molecule has 0 fully saturated rings. The molecule has 2 amide bonds. The number of carbonyl (C=O) groups excluding carboxylic acids is 1. The maximum atomic E-state index is 12.1. The van der Waals surface area contributed by atoms with Crippen molar-refractivity contribution in [3.8, 4) is 0 Å². The second-order valence-corrected chi connectivity index (χ2v) is 7.92. The lowest BCUT2D eigenvalue weighted by Gasteiger charge is -2.16. The average Bonchev–Trinajstić information content (AvgIpc) is 2.99. The standard InChI is InChI=1S/C18H26ClN5OS/c1-12(2)6-7-24(3)10-15-11-26-18(22-15)23-17(25)21-14-5-4-13(9-20)16(19)8-14/h4-5,8,11-12H,6-7,9-10,20H2,1-3H3,(H2,21,22,23,25). The van der Waals surface area contributed by atoms with Crippen molar-refractivity contribution in [2.75, 3.05) is 24.2 Å². The van der Waals surface area contributed by atoms with Gasteiger partial charge < -0.3 is 16.0 Å². The van der Waals surface area contributed by atoms with Crippen LogP contribution in [0.1, 0.15) is 31.5 Å². The van der Waals surface area contributed by atoms with Crippen LogP contribution in [0, 0.1) is 5.92 Å². The molecule has 0 unspecified atom stereocenters. The number of rotatable bonds is 8. The van der Waals surface area contributed by atoms with Crippen LogP contribution in [0.2, 0.25) is 5.02 Å². The largest absolute Gasteiger partial charge is 0.326 e. The molecule has 142 valence electrons. The maximum Gasteiger partial charge on any atom is 0.325 e. The van der Waals surface area contributed by atoms with E-state index in [1.807, 2.05) is 5.38 Å². The third-order valence-electron chi connectivity index (χ3n) is 3.82. The highest BCUT2D eigenvalue weighted by atomic mass is 35.5. The quantitative estimate of drug-likeness (QED) is 0.619. The van der Waals surface area contributed by atoms with Crippen molar-refractivity contribution < 1.29 is 4.79 Å². The van der Waals surface area contributed by atoms with Crippen molar-refractivity contribution in [2.45, 2.75) is 33.4 Å². The molecule has 0 radical (unpaired) electrons. The van der Waals surface area contributed by atoms with Gasteiger partial charge in [0.1, 0.15) is 0 Å². The number of aromatic nitrogens is 1. The van der Waals surface area contributed by atoms with Crippen molar-refractivity contribution in [2.24, 2.45) is 11.7 Å². The number of urea groups is 1. The topological polar surface area (TPSA) is 83.3 Å². The number of anilines is 2.